The van der Waals surface area contributed by atoms with Crippen LogP contribution in [0.25, 0.3) is 0 Å². The largest absolute Gasteiger partial charge is 0.330 e. The molecule has 1 aliphatic heterocycles. The molecule has 3 aliphatic rings. The SMILES string of the molecule is CC1CCC(c2cnc([C@@H](N)CC3CCCCN3)n2CC2CCCCC2)CC1. The summed E-state index contributed by atoms with van der Waals surface area (Å²) in [6.07, 6.45) is 19.6. The van der Waals surface area contributed by atoms with Crippen LogP contribution >= 0.6 is 0 Å². The lowest BCUT2D eigenvalue weighted by Crippen LogP contribution is -2.37. The van der Waals surface area contributed by atoms with Crippen molar-refractivity contribution in [3.05, 3.63) is 17.7 Å². The summed E-state index contributed by atoms with van der Waals surface area (Å²) in [7, 11) is 0. The van der Waals surface area contributed by atoms with Gasteiger partial charge in [0, 0.05) is 30.4 Å². The molecule has 158 valence electrons. The minimum Gasteiger partial charge on any atom is -0.330 e. The fraction of sp³-hybridized carbons (Fsp3) is 0.875. The van der Waals surface area contributed by atoms with Crippen molar-refractivity contribution in [3.8, 4) is 0 Å². The van der Waals surface area contributed by atoms with Crippen molar-refractivity contribution in [2.75, 3.05) is 6.54 Å². The van der Waals surface area contributed by atoms with Gasteiger partial charge in [0.2, 0.25) is 0 Å². The molecule has 1 aromatic heterocycles. The standard InChI is InChI=1S/C24H42N4/c1-18-10-12-20(13-11-18)23-16-27-24(22(25)15-21-9-5-6-14-26-21)28(23)17-19-7-3-2-4-8-19/h16,18-22,26H,2-15,17,25H2,1H3/t18?,20?,21?,22-/m0/s1. The molecule has 3 fully saturated rings. The smallest absolute Gasteiger partial charge is 0.125 e. The number of aromatic nitrogens is 2. The monoisotopic (exact) mass is 386 g/mol. The number of hydrogen-bond donors (Lipinski definition) is 2. The molecule has 0 amide bonds. The van der Waals surface area contributed by atoms with Crippen LogP contribution in [0.2, 0.25) is 0 Å². The molecule has 1 saturated heterocycles. The Morgan fingerprint density at radius 3 is 2.50 bits per heavy atom. The van der Waals surface area contributed by atoms with E-state index in [0.717, 1.165) is 31.3 Å². The van der Waals surface area contributed by atoms with Gasteiger partial charge in [0.25, 0.3) is 0 Å². The predicted octanol–water partition coefficient (Wildman–Crippen LogP) is 5.29. The van der Waals surface area contributed by atoms with Gasteiger partial charge in [-0.15, -0.1) is 0 Å². The molecule has 1 unspecified atom stereocenters. The second-order valence-corrected chi connectivity index (χ2v) is 10.1. The molecule has 4 heteroatoms. The average Bonchev–Trinajstić information content (AvgIpc) is 3.14. The third-order valence-electron chi connectivity index (χ3n) is 7.80. The van der Waals surface area contributed by atoms with Crippen molar-refractivity contribution in [1.29, 1.82) is 0 Å². The van der Waals surface area contributed by atoms with Crippen LogP contribution in [0.3, 0.4) is 0 Å². The van der Waals surface area contributed by atoms with Gasteiger partial charge in [-0.25, -0.2) is 4.98 Å². The molecule has 2 heterocycles. The second-order valence-electron chi connectivity index (χ2n) is 10.1. The highest BCUT2D eigenvalue weighted by molar-refractivity contribution is 5.15. The van der Waals surface area contributed by atoms with Crippen molar-refractivity contribution in [2.45, 2.75) is 115 Å². The van der Waals surface area contributed by atoms with Crippen LogP contribution in [-0.4, -0.2) is 22.1 Å². The Balaban J connectivity index is 1.52. The van der Waals surface area contributed by atoms with Gasteiger partial charge in [-0.3, -0.25) is 0 Å². The van der Waals surface area contributed by atoms with Crippen molar-refractivity contribution in [3.63, 3.8) is 0 Å². The number of imidazole rings is 1. The van der Waals surface area contributed by atoms with Gasteiger partial charge < -0.3 is 15.6 Å². The van der Waals surface area contributed by atoms with E-state index in [9.17, 15) is 0 Å². The van der Waals surface area contributed by atoms with E-state index in [2.05, 4.69) is 23.0 Å². The van der Waals surface area contributed by atoms with E-state index in [-0.39, 0.29) is 6.04 Å². The molecule has 0 spiro atoms. The summed E-state index contributed by atoms with van der Waals surface area (Å²) in [4.78, 5) is 4.95. The normalized spacial score (nSPS) is 31.0. The topological polar surface area (TPSA) is 55.9 Å². The van der Waals surface area contributed by atoms with Crippen LogP contribution in [0.1, 0.15) is 114 Å². The predicted molar refractivity (Wildman–Crippen MR) is 116 cm³/mol. The molecule has 1 aromatic rings. The molecule has 0 aromatic carbocycles. The summed E-state index contributed by atoms with van der Waals surface area (Å²) in [6.45, 7) is 4.72. The lowest BCUT2D eigenvalue weighted by Gasteiger charge is -2.31. The summed E-state index contributed by atoms with van der Waals surface area (Å²) in [5.41, 5.74) is 8.27. The molecule has 2 saturated carbocycles. The minimum atomic E-state index is 0.0652. The first-order valence-electron chi connectivity index (χ1n) is 12.2. The Morgan fingerprint density at radius 1 is 1.04 bits per heavy atom. The summed E-state index contributed by atoms with van der Waals surface area (Å²) >= 11 is 0. The van der Waals surface area contributed by atoms with Crippen molar-refractivity contribution >= 4 is 0 Å². The van der Waals surface area contributed by atoms with E-state index < -0.39 is 0 Å². The van der Waals surface area contributed by atoms with Crippen LogP contribution < -0.4 is 11.1 Å². The Morgan fingerprint density at radius 2 is 1.79 bits per heavy atom. The second kappa shape index (κ2) is 9.75. The Hall–Kier alpha value is -0.870. The maximum atomic E-state index is 6.77. The Labute approximate surface area is 172 Å². The molecule has 4 rings (SSSR count). The number of nitrogens with two attached hydrogens (primary N) is 1. The molecular weight excluding hydrogens is 344 g/mol. The Bertz CT molecular complexity index is 590. The van der Waals surface area contributed by atoms with Crippen LogP contribution in [0.5, 0.6) is 0 Å². The minimum absolute atomic E-state index is 0.0652. The molecule has 28 heavy (non-hydrogen) atoms. The van der Waals surface area contributed by atoms with Gasteiger partial charge in [0.1, 0.15) is 5.82 Å². The van der Waals surface area contributed by atoms with E-state index in [1.807, 2.05) is 0 Å². The number of nitrogens with one attached hydrogen (secondary N) is 1. The van der Waals surface area contributed by atoms with Gasteiger partial charge in [0.15, 0.2) is 0 Å². The highest BCUT2D eigenvalue weighted by Gasteiger charge is 2.28. The first-order chi connectivity index (χ1) is 13.7. The van der Waals surface area contributed by atoms with Gasteiger partial charge in [0.05, 0.1) is 6.04 Å². The van der Waals surface area contributed by atoms with Gasteiger partial charge in [-0.05, 0) is 63.3 Å². The van der Waals surface area contributed by atoms with Crippen molar-refractivity contribution in [1.82, 2.24) is 14.9 Å². The summed E-state index contributed by atoms with van der Waals surface area (Å²) in [5, 5.41) is 3.68. The molecule has 2 atom stereocenters. The van der Waals surface area contributed by atoms with Crippen LogP contribution in [0, 0.1) is 11.8 Å². The molecule has 0 bridgehead atoms. The van der Waals surface area contributed by atoms with E-state index in [0.29, 0.717) is 12.0 Å². The van der Waals surface area contributed by atoms with Crippen LogP contribution in [-0.2, 0) is 6.54 Å². The van der Waals surface area contributed by atoms with E-state index in [4.69, 9.17) is 10.7 Å². The first kappa shape index (κ1) is 20.4. The highest BCUT2D eigenvalue weighted by Crippen LogP contribution is 2.37. The van der Waals surface area contributed by atoms with Crippen LogP contribution in [0.15, 0.2) is 6.20 Å². The third-order valence-corrected chi connectivity index (χ3v) is 7.80. The summed E-state index contributed by atoms with van der Waals surface area (Å²) in [6, 6.07) is 0.637. The lowest BCUT2D eigenvalue weighted by molar-refractivity contribution is 0.292. The quantitative estimate of drug-likeness (QED) is 0.698. The zero-order chi connectivity index (χ0) is 19.3. The van der Waals surface area contributed by atoms with Gasteiger partial charge >= 0.3 is 0 Å². The number of piperidine rings is 1. The van der Waals surface area contributed by atoms with Gasteiger partial charge in [-0.1, -0.05) is 45.4 Å². The van der Waals surface area contributed by atoms with Crippen LogP contribution in [0.4, 0.5) is 0 Å². The fourth-order valence-corrected chi connectivity index (χ4v) is 5.95. The average molecular weight is 387 g/mol. The summed E-state index contributed by atoms with van der Waals surface area (Å²) in [5.74, 6) is 3.58. The highest BCUT2D eigenvalue weighted by atomic mass is 15.1. The van der Waals surface area contributed by atoms with Gasteiger partial charge in [-0.2, -0.15) is 0 Å². The number of hydrogen-bond acceptors (Lipinski definition) is 3. The molecule has 4 nitrogen and oxygen atoms in total. The van der Waals surface area contributed by atoms with Crippen molar-refractivity contribution < 1.29 is 0 Å². The molecule has 3 N–H and O–H groups in total. The molecular formula is C24H42N4. The maximum Gasteiger partial charge on any atom is 0.125 e. The lowest BCUT2D eigenvalue weighted by atomic mass is 9.81. The zero-order valence-corrected chi connectivity index (χ0v) is 18.0. The van der Waals surface area contributed by atoms with E-state index >= 15 is 0 Å². The maximum absolute atomic E-state index is 6.77. The summed E-state index contributed by atoms with van der Waals surface area (Å²) < 4.78 is 2.60. The Kier molecular flexibility index (Phi) is 7.11. The van der Waals surface area contributed by atoms with Crippen molar-refractivity contribution in [2.24, 2.45) is 17.6 Å². The fourth-order valence-electron chi connectivity index (χ4n) is 5.95. The number of nitrogens with zero attached hydrogens (tertiary/aromatic N) is 2. The zero-order valence-electron chi connectivity index (χ0n) is 18.0. The molecule has 0 radical (unpaired) electrons. The number of rotatable bonds is 6. The van der Waals surface area contributed by atoms with E-state index in [1.165, 1.54) is 88.6 Å². The molecule has 2 aliphatic carbocycles. The third kappa shape index (κ3) is 4.99. The first-order valence-corrected chi connectivity index (χ1v) is 12.2. The van der Waals surface area contributed by atoms with E-state index in [1.54, 1.807) is 0 Å².